The molecule has 0 aliphatic heterocycles. The number of aromatic carboxylic acids is 1. The van der Waals surface area contributed by atoms with Crippen molar-refractivity contribution in [1.29, 1.82) is 0 Å². The predicted molar refractivity (Wildman–Crippen MR) is 43.3 cm³/mol. The first-order chi connectivity index (χ1) is 5.16. The molecule has 0 amide bonds. The van der Waals surface area contributed by atoms with E-state index in [1.807, 2.05) is 0 Å². The Morgan fingerprint density at radius 2 is 2.45 bits per heavy atom. The van der Waals surface area contributed by atoms with Crippen LogP contribution in [-0.2, 0) is 0 Å². The number of aromatic nitrogens is 1. The van der Waals surface area contributed by atoms with Gasteiger partial charge in [0.05, 0.1) is 7.11 Å². The molecule has 11 heavy (non-hydrogen) atoms. The van der Waals surface area contributed by atoms with E-state index >= 15 is 0 Å². The van der Waals surface area contributed by atoms with Crippen LogP contribution in [0.2, 0.25) is 0 Å². The molecule has 0 unspecified atom stereocenters. The van der Waals surface area contributed by atoms with E-state index in [1.54, 1.807) is 0 Å². The van der Waals surface area contributed by atoms with E-state index < -0.39 is 5.97 Å². The summed E-state index contributed by atoms with van der Waals surface area (Å²) in [6, 6.07) is 0. The number of nitrogens with zero attached hydrogens (tertiary/aromatic N) is 1. The van der Waals surface area contributed by atoms with Crippen molar-refractivity contribution in [1.82, 2.24) is 4.37 Å². The minimum atomic E-state index is -1.00. The average Bonchev–Trinajstić information content (AvgIpc) is 2.30. The third-order valence-electron chi connectivity index (χ3n) is 0.995. The molecule has 0 saturated carbocycles. The molecule has 4 nitrogen and oxygen atoms in total. The summed E-state index contributed by atoms with van der Waals surface area (Å²) < 4.78 is 8.91. The van der Waals surface area contributed by atoms with Crippen LogP contribution in [0.1, 0.15) is 9.67 Å². The van der Waals surface area contributed by atoms with Gasteiger partial charge in [-0.25, -0.2) is 4.79 Å². The minimum absolute atomic E-state index is 0.154. The van der Waals surface area contributed by atoms with Crippen molar-refractivity contribution < 1.29 is 14.6 Å². The largest absolute Gasteiger partial charge is 0.480 e. The lowest BCUT2D eigenvalue weighted by molar-refractivity contribution is 0.0701. The molecular weight excluding hydrogens is 234 g/mol. The lowest BCUT2D eigenvalue weighted by atomic mass is 10.5. The smallest absolute Gasteiger partial charge is 0.348 e. The molecule has 0 aromatic carbocycles. The lowest BCUT2D eigenvalue weighted by Crippen LogP contribution is -1.92. The number of carboxylic acid groups (broad SMARTS) is 1. The third-order valence-corrected chi connectivity index (χ3v) is 2.81. The quantitative estimate of drug-likeness (QED) is 0.850. The van der Waals surface area contributed by atoms with Gasteiger partial charge in [0.25, 0.3) is 0 Å². The highest BCUT2D eigenvalue weighted by Gasteiger charge is 2.16. The van der Waals surface area contributed by atoms with Gasteiger partial charge in [0.2, 0.25) is 5.88 Å². The van der Waals surface area contributed by atoms with E-state index in [-0.39, 0.29) is 4.88 Å². The van der Waals surface area contributed by atoms with Crippen LogP contribution in [0.5, 0.6) is 5.88 Å². The molecule has 1 aromatic rings. The van der Waals surface area contributed by atoms with Crippen molar-refractivity contribution >= 4 is 33.4 Å². The summed E-state index contributed by atoms with van der Waals surface area (Å²) in [7, 11) is 1.44. The average molecular weight is 238 g/mol. The second-order valence-electron chi connectivity index (χ2n) is 1.64. The van der Waals surface area contributed by atoms with Crippen LogP contribution in [0.15, 0.2) is 4.47 Å². The molecule has 6 heteroatoms. The Morgan fingerprint density at radius 1 is 1.82 bits per heavy atom. The molecule has 0 aliphatic carbocycles. The van der Waals surface area contributed by atoms with Crippen molar-refractivity contribution in [2.45, 2.75) is 0 Å². The maximum absolute atomic E-state index is 10.4. The van der Waals surface area contributed by atoms with Crippen LogP contribution >= 0.6 is 27.5 Å². The van der Waals surface area contributed by atoms with Crippen molar-refractivity contribution in [2.24, 2.45) is 0 Å². The van der Waals surface area contributed by atoms with E-state index in [1.165, 1.54) is 7.11 Å². The molecule has 1 heterocycles. The van der Waals surface area contributed by atoms with Gasteiger partial charge in [-0.15, -0.1) is 0 Å². The first-order valence-corrected chi connectivity index (χ1v) is 4.16. The number of hydrogen-bond acceptors (Lipinski definition) is 4. The first-order valence-electron chi connectivity index (χ1n) is 2.59. The van der Waals surface area contributed by atoms with Crippen molar-refractivity contribution in [3.05, 3.63) is 9.35 Å². The molecule has 1 aromatic heterocycles. The number of ether oxygens (including phenoxy) is 1. The van der Waals surface area contributed by atoms with Crippen molar-refractivity contribution in [3.8, 4) is 5.88 Å². The second kappa shape index (κ2) is 3.19. The fraction of sp³-hybridized carbons (Fsp3) is 0.200. The fourth-order valence-electron chi connectivity index (χ4n) is 0.524. The zero-order valence-electron chi connectivity index (χ0n) is 5.50. The molecule has 0 bridgehead atoms. The van der Waals surface area contributed by atoms with E-state index in [0.717, 1.165) is 11.5 Å². The van der Waals surface area contributed by atoms with Gasteiger partial charge < -0.3 is 9.84 Å². The summed E-state index contributed by atoms with van der Waals surface area (Å²) >= 11 is 3.94. The molecule has 0 saturated heterocycles. The van der Waals surface area contributed by atoms with Crippen molar-refractivity contribution in [2.75, 3.05) is 7.11 Å². The Balaban J connectivity index is 3.10. The molecule has 60 valence electrons. The maximum Gasteiger partial charge on any atom is 0.348 e. The highest BCUT2D eigenvalue weighted by Crippen LogP contribution is 2.30. The summed E-state index contributed by atoms with van der Waals surface area (Å²) in [6.07, 6.45) is 0. The summed E-state index contributed by atoms with van der Waals surface area (Å²) in [5.74, 6) is -0.690. The number of rotatable bonds is 2. The first kappa shape index (κ1) is 8.48. The fourth-order valence-corrected chi connectivity index (χ4v) is 1.86. The van der Waals surface area contributed by atoms with Crippen LogP contribution in [-0.4, -0.2) is 22.6 Å². The Hall–Kier alpha value is -0.620. The minimum Gasteiger partial charge on any atom is -0.480 e. The normalized spacial score (nSPS) is 9.64. The Morgan fingerprint density at radius 3 is 2.73 bits per heavy atom. The van der Waals surface area contributed by atoms with E-state index in [0.29, 0.717) is 10.4 Å². The summed E-state index contributed by atoms with van der Waals surface area (Å²) in [5.41, 5.74) is 0. The summed E-state index contributed by atoms with van der Waals surface area (Å²) in [5, 5.41) is 8.56. The predicted octanol–water partition coefficient (Wildman–Crippen LogP) is 1.61. The topological polar surface area (TPSA) is 59.4 Å². The molecular formula is C5H4BrNO3S. The zero-order chi connectivity index (χ0) is 8.43. The summed E-state index contributed by atoms with van der Waals surface area (Å²) in [6.45, 7) is 0. The Kier molecular flexibility index (Phi) is 2.45. The second-order valence-corrected chi connectivity index (χ2v) is 3.21. The van der Waals surface area contributed by atoms with E-state index in [9.17, 15) is 4.79 Å². The monoisotopic (exact) mass is 237 g/mol. The van der Waals surface area contributed by atoms with Crippen molar-refractivity contribution in [3.63, 3.8) is 0 Å². The SMILES string of the molecule is COc1nsc(C(=O)O)c1Br. The molecule has 0 fully saturated rings. The van der Waals surface area contributed by atoms with Gasteiger partial charge in [-0.1, -0.05) is 0 Å². The number of hydrogen-bond donors (Lipinski definition) is 1. The van der Waals surface area contributed by atoms with Gasteiger partial charge in [0.1, 0.15) is 4.47 Å². The summed E-state index contributed by atoms with van der Waals surface area (Å²) in [4.78, 5) is 10.6. The van der Waals surface area contributed by atoms with Gasteiger partial charge in [0.15, 0.2) is 4.88 Å². The highest BCUT2D eigenvalue weighted by molar-refractivity contribution is 9.10. The molecule has 0 aliphatic rings. The van der Waals surface area contributed by atoms with Crippen LogP contribution in [0.4, 0.5) is 0 Å². The number of methoxy groups -OCH3 is 1. The van der Waals surface area contributed by atoms with Crippen LogP contribution in [0, 0.1) is 0 Å². The number of carbonyl (C=O) groups is 1. The van der Waals surface area contributed by atoms with E-state index in [2.05, 4.69) is 20.3 Å². The molecule has 1 rings (SSSR count). The van der Waals surface area contributed by atoms with Gasteiger partial charge in [0, 0.05) is 0 Å². The van der Waals surface area contributed by atoms with Crippen LogP contribution in [0.25, 0.3) is 0 Å². The highest BCUT2D eigenvalue weighted by atomic mass is 79.9. The third kappa shape index (κ3) is 1.51. The number of carboxylic acids is 1. The Bertz CT molecular complexity index is 285. The zero-order valence-corrected chi connectivity index (χ0v) is 7.90. The number of halogens is 1. The van der Waals surface area contributed by atoms with Crippen LogP contribution < -0.4 is 4.74 Å². The van der Waals surface area contributed by atoms with Gasteiger partial charge in [-0.3, -0.25) is 0 Å². The molecule has 0 spiro atoms. The Labute approximate surface area is 75.1 Å². The van der Waals surface area contributed by atoms with Crippen LogP contribution in [0.3, 0.4) is 0 Å². The lowest BCUT2D eigenvalue weighted by Gasteiger charge is -1.91. The molecule has 1 N–H and O–H groups in total. The standard InChI is InChI=1S/C5H4BrNO3S/c1-10-4-2(6)3(5(8)9)11-7-4/h1H3,(H,8,9). The van der Waals surface area contributed by atoms with Gasteiger partial charge in [-0.2, -0.15) is 4.37 Å². The molecule has 0 atom stereocenters. The van der Waals surface area contributed by atoms with Gasteiger partial charge >= 0.3 is 5.97 Å². The maximum atomic E-state index is 10.4. The van der Waals surface area contributed by atoms with Gasteiger partial charge in [-0.05, 0) is 27.5 Å². The van der Waals surface area contributed by atoms with E-state index in [4.69, 9.17) is 9.84 Å². The molecule has 0 radical (unpaired) electrons.